The highest BCUT2D eigenvalue weighted by Gasteiger charge is 2.21. The summed E-state index contributed by atoms with van der Waals surface area (Å²) in [5, 5.41) is 7.58. The largest absolute Gasteiger partial charge is 0.309 e. The first kappa shape index (κ1) is 26.8. The molecule has 10 aromatic rings. The van der Waals surface area contributed by atoms with Gasteiger partial charge < -0.3 is 9.13 Å². The number of para-hydroxylation sites is 3. The molecule has 10 rings (SSSR count). The van der Waals surface area contributed by atoms with Crippen molar-refractivity contribution in [3.05, 3.63) is 182 Å². The van der Waals surface area contributed by atoms with Gasteiger partial charge in [-0.15, -0.1) is 0 Å². The second kappa shape index (κ2) is 10.6. The van der Waals surface area contributed by atoms with Crippen molar-refractivity contribution in [2.45, 2.75) is 0 Å². The third kappa shape index (κ3) is 4.00. The van der Waals surface area contributed by atoms with Crippen molar-refractivity contribution in [1.82, 2.24) is 9.13 Å². The maximum Gasteiger partial charge on any atom is 0.0549 e. The lowest BCUT2D eigenvalue weighted by Crippen LogP contribution is -1.97. The lowest BCUT2D eigenvalue weighted by Gasteiger charge is -2.15. The highest BCUT2D eigenvalue weighted by molar-refractivity contribution is 6.29. The summed E-state index contributed by atoms with van der Waals surface area (Å²) in [7, 11) is 0. The summed E-state index contributed by atoms with van der Waals surface area (Å²) in [5.74, 6) is 0. The van der Waals surface area contributed by atoms with E-state index >= 15 is 0 Å². The van der Waals surface area contributed by atoms with E-state index < -0.39 is 0 Å². The van der Waals surface area contributed by atoms with E-state index in [1.165, 1.54) is 82.3 Å². The Morgan fingerprint density at radius 1 is 0.312 bits per heavy atom. The van der Waals surface area contributed by atoms with E-state index in [4.69, 9.17) is 0 Å². The molecule has 0 aliphatic carbocycles. The number of hydrogen-bond acceptors (Lipinski definition) is 0. The lowest BCUT2D eigenvalue weighted by molar-refractivity contribution is 1.17. The Kier molecular flexibility index (Phi) is 5.91. The van der Waals surface area contributed by atoms with E-state index in [9.17, 15) is 0 Å². The molecule has 2 nitrogen and oxygen atoms in total. The zero-order valence-corrected chi connectivity index (χ0v) is 26.2. The highest BCUT2D eigenvalue weighted by atomic mass is 15.0. The quantitative estimate of drug-likeness (QED) is 0.188. The van der Waals surface area contributed by atoms with Crippen LogP contribution in [0.3, 0.4) is 0 Å². The molecule has 0 spiro atoms. The van der Waals surface area contributed by atoms with Gasteiger partial charge in [0.1, 0.15) is 0 Å². The molecule has 0 saturated carbocycles. The van der Waals surface area contributed by atoms with Crippen molar-refractivity contribution in [3.63, 3.8) is 0 Å². The summed E-state index contributed by atoms with van der Waals surface area (Å²) in [6.07, 6.45) is 0. The predicted molar refractivity (Wildman–Crippen MR) is 203 cm³/mol. The minimum absolute atomic E-state index is 1.16. The molecule has 2 heteroatoms. The van der Waals surface area contributed by atoms with Crippen LogP contribution in [0.2, 0.25) is 0 Å². The van der Waals surface area contributed by atoms with Crippen molar-refractivity contribution in [2.24, 2.45) is 0 Å². The summed E-state index contributed by atoms with van der Waals surface area (Å²) in [6, 6.07) is 66.2. The topological polar surface area (TPSA) is 9.86 Å². The molecular formula is C46H30N2. The van der Waals surface area contributed by atoms with Gasteiger partial charge in [0.2, 0.25) is 0 Å². The van der Waals surface area contributed by atoms with Crippen LogP contribution < -0.4 is 0 Å². The number of rotatable bonds is 4. The molecule has 0 N–H and O–H groups in total. The molecule has 0 radical (unpaired) electrons. The molecule has 0 fully saturated rings. The van der Waals surface area contributed by atoms with Crippen LogP contribution in [0.25, 0.3) is 88.0 Å². The van der Waals surface area contributed by atoms with E-state index in [0.29, 0.717) is 0 Å². The molecule has 48 heavy (non-hydrogen) atoms. The summed E-state index contributed by atoms with van der Waals surface area (Å²) in [4.78, 5) is 0. The second-order valence-electron chi connectivity index (χ2n) is 12.6. The van der Waals surface area contributed by atoms with Gasteiger partial charge in [-0.3, -0.25) is 0 Å². The first-order valence-electron chi connectivity index (χ1n) is 16.5. The Morgan fingerprint density at radius 3 is 1.71 bits per heavy atom. The average Bonchev–Trinajstić information content (AvgIpc) is 3.68. The molecule has 8 aromatic carbocycles. The van der Waals surface area contributed by atoms with Gasteiger partial charge in [-0.25, -0.2) is 0 Å². The fourth-order valence-electron chi connectivity index (χ4n) is 7.78. The first-order valence-corrected chi connectivity index (χ1v) is 16.5. The minimum atomic E-state index is 1.16. The molecule has 0 aliphatic rings. The van der Waals surface area contributed by atoms with Crippen molar-refractivity contribution in [2.75, 3.05) is 0 Å². The minimum Gasteiger partial charge on any atom is -0.309 e. The normalized spacial score (nSPS) is 11.8. The van der Waals surface area contributed by atoms with Crippen LogP contribution in [-0.4, -0.2) is 9.13 Å². The summed E-state index contributed by atoms with van der Waals surface area (Å²) < 4.78 is 4.91. The van der Waals surface area contributed by atoms with Gasteiger partial charge in [-0.1, -0.05) is 133 Å². The van der Waals surface area contributed by atoms with E-state index in [2.05, 4.69) is 191 Å². The lowest BCUT2D eigenvalue weighted by atomic mass is 9.99. The van der Waals surface area contributed by atoms with E-state index in [1.54, 1.807) is 0 Å². The second-order valence-corrected chi connectivity index (χ2v) is 12.6. The van der Waals surface area contributed by atoms with Gasteiger partial charge in [0, 0.05) is 32.8 Å². The van der Waals surface area contributed by atoms with Crippen LogP contribution in [0, 0.1) is 0 Å². The molecule has 224 valence electrons. The Hall–Kier alpha value is -6.38. The number of benzene rings is 8. The summed E-state index contributed by atoms with van der Waals surface area (Å²) in [6.45, 7) is 0. The van der Waals surface area contributed by atoms with Gasteiger partial charge in [0.15, 0.2) is 0 Å². The van der Waals surface area contributed by atoms with Gasteiger partial charge in [-0.2, -0.15) is 0 Å². The standard InChI is InChI=1S/C46H30N2/c1-2-13-31(14-3-1)34-17-12-18-36(30-34)47-41-23-10-7-20-38(41)45-43(47)27-28-44-46(45)39-21-8-11-24-42(39)48(44)40-22-9-6-19-37(40)35-26-25-32-15-4-5-16-33(32)29-35/h1-30H. The summed E-state index contributed by atoms with van der Waals surface area (Å²) in [5.41, 5.74) is 12.0. The van der Waals surface area contributed by atoms with Crippen molar-refractivity contribution in [1.29, 1.82) is 0 Å². The smallest absolute Gasteiger partial charge is 0.0549 e. The van der Waals surface area contributed by atoms with Crippen LogP contribution in [-0.2, 0) is 0 Å². The Balaban J connectivity index is 1.27. The van der Waals surface area contributed by atoms with Gasteiger partial charge in [0.25, 0.3) is 0 Å². The van der Waals surface area contributed by atoms with Crippen molar-refractivity contribution in [3.8, 4) is 33.6 Å². The molecule has 0 atom stereocenters. The SMILES string of the molecule is c1ccc(-c2cccc(-n3c4ccccc4c4c5c6ccccc6n(-c6ccccc6-c6ccc7ccccc7c6)c5ccc43)c2)cc1. The van der Waals surface area contributed by atoms with E-state index in [0.717, 1.165) is 5.69 Å². The van der Waals surface area contributed by atoms with Gasteiger partial charge in [0.05, 0.1) is 27.8 Å². The van der Waals surface area contributed by atoms with Crippen LogP contribution >= 0.6 is 0 Å². The first-order chi connectivity index (χ1) is 23.8. The highest BCUT2D eigenvalue weighted by Crippen LogP contribution is 2.43. The summed E-state index contributed by atoms with van der Waals surface area (Å²) >= 11 is 0. The number of aromatic nitrogens is 2. The van der Waals surface area contributed by atoms with Crippen LogP contribution in [0.1, 0.15) is 0 Å². The molecule has 0 aliphatic heterocycles. The molecule has 2 heterocycles. The number of nitrogens with zero attached hydrogens (tertiary/aromatic N) is 2. The molecular weight excluding hydrogens is 581 g/mol. The molecule has 0 bridgehead atoms. The van der Waals surface area contributed by atoms with Crippen LogP contribution in [0.4, 0.5) is 0 Å². The zero-order chi connectivity index (χ0) is 31.6. The average molecular weight is 611 g/mol. The van der Waals surface area contributed by atoms with Gasteiger partial charge in [-0.05, 0) is 76.0 Å². The van der Waals surface area contributed by atoms with E-state index in [-0.39, 0.29) is 0 Å². The van der Waals surface area contributed by atoms with Crippen LogP contribution in [0.5, 0.6) is 0 Å². The number of hydrogen-bond donors (Lipinski definition) is 0. The van der Waals surface area contributed by atoms with Gasteiger partial charge >= 0.3 is 0 Å². The van der Waals surface area contributed by atoms with Crippen molar-refractivity contribution < 1.29 is 0 Å². The molecule has 0 unspecified atom stereocenters. The maximum atomic E-state index is 2.47. The monoisotopic (exact) mass is 610 g/mol. The fraction of sp³-hybridized carbons (Fsp3) is 0. The number of fused-ring (bicyclic) bond motifs is 8. The third-order valence-electron chi connectivity index (χ3n) is 9.89. The molecule has 0 amide bonds. The molecule has 2 aromatic heterocycles. The van der Waals surface area contributed by atoms with E-state index in [1.807, 2.05) is 0 Å². The zero-order valence-electron chi connectivity index (χ0n) is 26.2. The third-order valence-corrected chi connectivity index (χ3v) is 9.89. The van der Waals surface area contributed by atoms with Crippen molar-refractivity contribution >= 4 is 54.4 Å². The molecule has 0 saturated heterocycles. The predicted octanol–water partition coefficient (Wildman–Crippen LogP) is 12.4. The maximum absolute atomic E-state index is 2.47. The van der Waals surface area contributed by atoms with Crippen LogP contribution in [0.15, 0.2) is 182 Å². The Bertz CT molecular complexity index is 2830. The Morgan fingerprint density at radius 2 is 0.917 bits per heavy atom. The fourth-order valence-corrected chi connectivity index (χ4v) is 7.78. The Labute approximate surface area is 278 Å².